The van der Waals surface area contributed by atoms with Crippen LogP contribution < -0.4 is 0 Å². The van der Waals surface area contributed by atoms with Crippen LogP contribution in [-0.2, 0) is 0 Å². The predicted molar refractivity (Wildman–Crippen MR) is 271 cm³/mol. The van der Waals surface area contributed by atoms with Gasteiger partial charge in [-0.1, -0.05) is 189 Å². The van der Waals surface area contributed by atoms with Crippen molar-refractivity contribution in [2.45, 2.75) is 12.5 Å². The van der Waals surface area contributed by atoms with E-state index in [1.54, 1.807) is 0 Å². The fourth-order valence-corrected chi connectivity index (χ4v) is 9.50. The highest BCUT2D eigenvalue weighted by Crippen LogP contribution is 2.43. The van der Waals surface area contributed by atoms with Crippen LogP contribution in [0.1, 0.15) is 29.2 Å². The lowest BCUT2D eigenvalue weighted by Gasteiger charge is -2.19. The van der Waals surface area contributed by atoms with Crippen LogP contribution in [0.3, 0.4) is 0 Å². The third-order valence-corrected chi connectivity index (χ3v) is 12.7. The van der Waals surface area contributed by atoms with Crippen molar-refractivity contribution in [2.75, 3.05) is 0 Å². The lowest BCUT2D eigenvalue weighted by molar-refractivity contribution is 0.670. The molecule has 0 radical (unpaired) electrons. The Hall–Kier alpha value is -8.47. The molecule has 1 aliphatic heterocycles. The summed E-state index contributed by atoms with van der Waals surface area (Å²) in [7, 11) is 0. The quantitative estimate of drug-likeness (QED) is 0.119. The van der Waals surface area contributed by atoms with Crippen molar-refractivity contribution in [2.24, 2.45) is 9.98 Å². The maximum absolute atomic E-state index is 6.69. The van der Waals surface area contributed by atoms with Crippen molar-refractivity contribution >= 4 is 55.2 Å². The minimum atomic E-state index is -0.421. The largest absolute Gasteiger partial charge is 0.455 e. The van der Waals surface area contributed by atoms with Crippen LogP contribution in [0, 0.1) is 0 Å². The fourth-order valence-electron chi connectivity index (χ4n) is 9.50. The van der Waals surface area contributed by atoms with Gasteiger partial charge in [0.1, 0.15) is 11.2 Å². The molecule has 0 fully saturated rings. The number of nitrogens with zero attached hydrogens (tertiary/aromatic N) is 3. The first-order valence-electron chi connectivity index (χ1n) is 22.1. The molecule has 9 aromatic carbocycles. The minimum Gasteiger partial charge on any atom is -0.455 e. The lowest BCUT2D eigenvalue weighted by Crippen LogP contribution is -2.06. The SMILES string of the molecule is C=C1CC(c2ccccc2)=NC(c2ccc(-c3ccccc3)cc2)=NC1c1cc(-c2cc(-c3ccccc3)c3c(ccc4ccccc43)n2)cc(-c2cccc3c2oc2ccccc23)c1. The molecule has 306 valence electrons. The highest BCUT2D eigenvalue weighted by atomic mass is 16.3. The van der Waals surface area contributed by atoms with Gasteiger partial charge >= 0.3 is 0 Å². The van der Waals surface area contributed by atoms with Crippen molar-refractivity contribution in [3.8, 4) is 44.6 Å². The summed E-state index contributed by atoms with van der Waals surface area (Å²) in [6.07, 6.45) is 0.557. The summed E-state index contributed by atoms with van der Waals surface area (Å²) in [5.41, 5.74) is 15.9. The van der Waals surface area contributed by atoms with E-state index >= 15 is 0 Å². The zero-order valence-corrected chi connectivity index (χ0v) is 35.5. The van der Waals surface area contributed by atoms with Gasteiger partial charge in [0.2, 0.25) is 0 Å². The summed E-state index contributed by atoms with van der Waals surface area (Å²) < 4.78 is 6.69. The molecule has 3 heterocycles. The van der Waals surface area contributed by atoms with Crippen molar-refractivity contribution < 1.29 is 4.42 Å². The Kier molecular flexibility index (Phi) is 9.42. The summed E-state index contributed by atoms with van der Waals surface area (Å²) in [4.78, 5) is 16.4. The fraction of sp³-hybridized carbons (Fsp3) is 0.0328. The zero-order valence-electron chi connectivity index (χ0n) is 35.5. The maximum atomic E-state index is 6.69. The van der Waals surface area contributed by atoms with Crippen molar-refractivity contribution in [3.63, 3.8) is 0 Å². The summed E-state index contributed by atoms with van der Waals surface area (Å²) in [5, 5.41) is 5.66. The number of aliphatic imine (C=N–C) groups is 2. The molecule has 0 amide bonds. The Morgan fingerprint density at radius 2 is 1.09 bits per heavy atom. The Labute approximate surface area is 377 Å². The first kappa shape index (κ1) is 38.2. The highest BCUT2D eigenvalue weighted by molar-refractivity contribution is 6.15. The van der Waals surface area contributed by atoms with E-state index < -0.39 is 6.04 Å². The van der Waals surface area contributed by atoms with Gasteiger partial charge in [-0.05, 0) is 91.7 Å². The van der Waals surface area contributed by atoms with Crippen molar-refractivity contribution in [1.29, 1.82) is 0 Å². The van der Waals surface area contributed by atoms with E-state index in [2.05, 4.69) is 194 Å². The Balaban J connectivity index is 1.08. The molecule has 0 saturated carbocycles. The van der Waals surface area contributed by atoms with E-state index in [1.165, 1.54) is 10.8 Å². The molecule has 0 N–H and O–H groups in total. The monoisotopic (exact) mass is 831 g/mol. The molecule has 0 aliphatic carbocycles. The number of pyridine rings is 1. The number of hydrogen-bond donors (Lipinski definition) is 0. The molecule has 4 heteroatoms. The van der Waals surface area contributed by atoms with E-state index in [4.69, 9.17) is 26.0 Å². The van der Waals surface area contributed by atoms with Gasteiger partial charge in [-0.2, -0.15) is 0 Å². The summed E-state index contributed by atoms with van der Waals surface area (Å²) in [6, 6.07) is 76.3. The molecule has 0 bridgehead atoms. The molecular formula is C61H41N3O. The third kappa shape index (κ3) is 7.02. The van der Waals surface area contributed by atoms with Crippen LogP contribution in [0.15, 0.2) is 245 Å². The molecule has 11 aromatic rings. The molecule has 65 heavy (non-hydrogen) atoms. The molecule has 0 saturated heterocycles. The van der Waals surface area contributed by atoms with E-state index in [-0.39, 0.29) is 0 Å². The van der Waals surface area contributed by atoms with Gasteiger partial charge in [0, 0.05) is 39.3 Å². The highest BCUT2D eigenvalue weighted by Gasteiger charge is 2.25. The van der Waals surface area contributed by atoms with Crippen LogP contribution in [0.2, 0.25) is 0 Å². The number of benzene rings is 9. The number of fused-ring (bicyclic) bond motifs is 6. The molecule has 1 unspecified atom stereocenters. The van der Waals surface area contributed by atoms with E-state index in [9.17, 15) is 0 Å². The number of furan rings is 1. The second-order valence-electron chi connectivity index (χ2n) is 16.8. The molecule has 0 spiro atoms. The van der Waals surface area contributed by atoms with Gasteiger partial charge in [0.05, 0.1) is 23.0 Å². The molecule has 1 aliphatic rings. The van der Waals surface area contributed by atoms with E-state index in [1.807, 2.05) is 24.3 Å². The Morgan fingerprint density at radius 1 is 0.462 bits per heavy atom. The normalized spacial score (nSPS) is 14.2. The molecule has 4 nitrogen and oxygen atoms in total. The Bertz CT molecular complexity index is 3680. The van der Waals surface area contributed by atoms with Crippen LogP contribution >= 0.6 is 0 Å². The average Bonchev–Trinajstić information content (AvgIpc) is 3.67. The van der Waals surface area contributed by atoms with Gasteiger partial charge in [-0.25, -0.2) is 9.98 Å². The summed E-state index contributed by atoms with van der Waals surface area (Å²) in [6.45, 7) is 4.77. The van der Waals surface area contributed by atoms with Crippen molar-refractivity contribution in [3.05, 3.63) is 247 Å². The van der Waals surface area contributed by atoms with Crippen LogP contribution in [0.5, 0.6) is 0 Å². The third-order valence-electron chi connectivity index (χ3n) is 12.7. The average molecular weight is 832 g/mol. The number of amidine groups is 1. The van der Waals surface area contributed by atoms with Crippen LogP contribution in [0.4, 0.5) is 0 Å². The zero-order chi connectivity index (χ0) is 43.3. The standard InChI is InChI=1S/C61H41N3O/c1-39-34-55(44-21-9-4-10-22-44)63-61(45-30-28-41(29-31-45)40-16-5-2-6-17-40)64-59(39)48-36-46(50-25-15-26-52-51-24-13-14-27-57(51)65-60(50)52)35-47(37-48)56-38-53(42-18-7-3-8-19-42)58-49-23-12-11-20-43(49)32-33-54(58)62-56/h2-33,35-38,59H,1,34H2. The lowest BCUT2D eigenvalue weighted by atomic mass is 9.89. The number of aromatic nitrogens is 1. The van der Waals surface area contributed by atoms with Gasteiger partial charge in [-0.15, -0.1) is 0 Å². The summed E-state index contributed by atoms with van der Waals surface area (Å²) in [5.74, 6) is 0.667. The van der Waals surface area contributed by atoms with Crippen LogP contribution in [0.25, 0.3) is 88.3 Å². The van der Waals surface area contributed by atoms with Crippen LogP contribution in [-0.4, -0.2) is 16.5 Å². The number of para-hydroxylation sites is 2. The van der Waals surface area contributed by atoms with Gasteiger partial charge in [0.15, 0.2) is 5.84 Å². The second-order valence-corrected chi connectivity index (χ2v) is 16.8. The first-order chi connectivity index (χ1) is 32.1. The molecule has 2 aromatic heterocycles. The summed E-state index contributed by atoms with van der Waals surface area (Å²) >= 11 is 0. The van der Waals surface area contributed by atoms with E-state index in [0.29, 0.717) is 12.3 Å². The first-order valence-corrected chi connectivity index (χ1v) is 22.1. The second kappa shape index (κ2) is 16.0. The van der Waals surface area contributed by atoms with Crippen molar-refractivity contribution in [1.82, 2.24) is 4.98 Å². The molecule has 1 atom stereocenters. The van der Waals surface area contributed by atoms with E-state index in [0.717, 1.165) is 105 Å². The number of hydrogen-bond acceptors (Lipinski definition) is 4. The number of rotatable bonds is 7. The van der Waals surface area contributed by atoms with Gasteiger partial charge in [0.25, 0.3) is 0 Å². The topological polar surface area (TPSA) is 50.8 Å². The van der Waals surface area contributed by atoms with Gasteiger partial charge < -0.3 is 4.42 Å². The van der Waals surface area contributed by atoms with Gasteiger partial charge in [-0.3, -0.25) is 4.99 Å². The Morgan fingerprint density at radius 3 is 1.88 bits per heavy atom. The molecule has 12 rings (SSSR count). The maximum Gasteiger partial charge on any atom is 0.155 e. The molecular weight excluding hydrogens is 791 g/mol. The minimum absolute atomic E-state index is 0.421. The smallest absolute Gasteiger partial charge is 0.155 e. The predicted octanol–water partition coefficient (Wildman–Crippen LogP) is 15.9.